The number of benzene rings is 2. The lowest BCUT2D eigenvalue weighted by molar-refractivity contribution is -0.271. The number of carbonyl (C=O) groups excluding carboxylic acids is 5. The van der Waals surface area contributed by atoms with Gasteiger partial charge in [-0.15, -0.1) is 0 Å². The molecule has 4 amide bonds. The Bertz CT molecular complexity index is 2960. The minimum absolute atomic E-state index is 0.0235. The van der Waals surface area contributed by atoms with E-state index in [1.165, 1.54) is 39.8 Å². The SMILES string of the molecule is CC[C@@]1(O)C(=O)OCc2c1cc1n(c2=O)Cc2c-1nc1cc(F)c(N)cc1c2COCN(CCN(C)C)C(=O)OCc1ccc(O[C@@H]2O[C@H](C(=O)O)[C@@H](O)[C@H](O)[C@H]2O)c(NC(=O)CCN2C(=O)C=CC2=O)c1. The molecule has 2 aromatic carbocycles. The number of fused-ring (bicyclic) bond motifs is 5. The maximum absolute atomic E-state index is 15.0. The summed E-state index contributed by atoms with van der Waals surface area (Å²) in [5.74, 6) is -5.52. The van der Waals surface area contributed by atoms with Crippen LogP contribution in [0.3, 0.4) is 0 Å². The first kappa shape index (κ1) is 51.0. The van der Waals surface area contributed by atoms with Gasteiger partial charge in [0.25, 0.3) is 17.4 Å². The number of pyridine rings is 2. The number of cyclic esters (lactones) is 1. The highest BCUT2D eigenvalue weighted by molar-refractivity contribution is 6.13. The summed E-state index contributed by atoms with van der Waals surface area (Å²) in [6.07, 6.45) is -9.10. The number of nitrogen functional groups attached to an aromatic ring is 1. The predicted molar refractivity (Wildman–Crippen MR) is 244 cm³/mol. The van der Waals surface area contributed by atoms with Crippen LogP contribution in [0.25, 0.3) is 22.3 Å². The molecule has 1 fully saturated rings. The molecule has 4 aromatic rings. The lowest BCUT2D eigenvalue weighted by Crippen LogP contribution is -2.61. The van der Waals surface area contributed by atoms with Gasteiger partial charge in [0.15, 0.2) is 11.7 Å². The number of likely N-dealkylation sites (N-methyl/N-ethyl adjacent to an activating group) is 1. The Morgan fingerprint density at radius 1 is 0.986 bits per heavy atom. The van der Waals surface area contributed by atoms with Crippen LogP contribution in [0.2, 0.25) is 0 Å². The highest BCUT2D eigenvalue weighted by atomic mass is 19.1. The average molecular weight is 1000 g/mol. The summed E-state index contributed by atoms with van der Waals surface area (Å²) in [7, 11) is 3.56. The van der Waals surface area contributed by atoms with E-state index >= 15 is 0 Å². The third-order valence-corrected chi connectivity index (χ3v) is 12.7. The fraction of sp³-hybridized carbons (Fsp3) is 0.404. The van der Waals surface area contributed by atoms with Gasteiger partial charge in [-0.3, -0.25) is 29.0 Å². The predicted octanol–water partition coefficient (Wildman–Crippen LogP) is 0.00000000000000777. The lowest BCUT2D eigenvalue weighted by Gasteiger charge is -2.38. The van der Waals surface area contributed by atoms with Crippen molar-refractivity contribution in [3.63, 3.8) is 0 Å². The van der Waals surface area contributed by atoms with Crippen molar-refractivity contribution in [2.75, 3.05) is 51.5 Å². The maximum Gasteiger partial charge on any atom is 0.411 e. The van der Waals surface area contributed by atoms with Gasteiger partial charge < -0.3 is 69.7 Å². The molecule has 0 spiro atoms. The molecule has 2 aromatic heterocycles. The Kier molecular flexibility index (Phi) is 14.4. The Labute approximate surface area is 407 Å². The van der Waals surface area contributed by atoms with E-state index in [0.29, 0.717) is 23.1 Å². The van der Waals surface area contributed by atoms with Crippen molar-refractivity contribution in [1.29, 1.82) is 0 Å². The van der Waals surface area contributed by atoms with E-state index in [-0.39, 0.29) is 103 Å². The number of anilines is 2. The van der Waals surface area contributed by atoms with Crippen molar-refractivity contribution in [1.82, 2.24) is 24.3 Å². The largest absolute Gasteiger partial charge is 0.479 e. The van der Waals surface area contributed by atoms with Crippen LogP contribution in [-0.4, -0.2) is 157 Å². The number of nitrogens with zero attached hydrogens (tertiary/aromatic N) is 5. The molecule has 0 saturated carbocycles. The van der Waals surface area contributed by atoms with Crippen molar-refractivity contribution in [2.45, 2.75) is 82.4 Å². The molecule has 72 heavy (non-hydrogen) atoms. The van der Waals surface area contributed by atoms with Crippen LogP contribution in [-0.2, 0) is 74.9 Å². The second-order valence-electron chi connectivity index (χ2n) is 17.7. The molecule has 0 bridgehead atoms. The van der Waals surface area contributed by atoms with Crippen LogP contribution in [0.4, 0.5) is 20.6 Å². The van der Waals surface area contributed by atoms with Crippen molar-refractivity contribution in [2.24, 2.45) is 0 Å². The smallest absolute Gasteiger partial charge is 0.411 e. The fourth-order valence-corrected chi connectivity index (χ4v) is 8.61. The van der Waals surface area contributed by atoms with Crippen LogP contribution >= 0.6 is 0 Å². The summed E-state index contributed by atoms with van der Waals surface area (Å²) in [4.78, 5) is 98.3. The minimum atomic E-state index is -2.09. The zero-order valence-corrected chi connectivity index (χ0v) is 38.9. The van der Waals surface area contributed by atoms with Gasteiger partial charge in [0.1, 0.15) is 49.8 Å². The van der Waals surface area contributed by atoms with Crippen LogP contribution in [0.15, 0.2) is 53.3 Å². The van der Waals surface area contributed by atoms with Gasteiger partial charge in [0.05, 0.1) is 47.0 Å². The standard InChI is InChI=1S/C47H50FN7O17/c1-4-47(67)27-15-32-37-24(17-55(32)42(62)26(27)20-69-45(47)65)25(23-14-29(49)28(48)16-30(23)51-37)19-68-21-53(12-11-52(2)3)46(66)70-18-22-5-6-33(71-44-40(61)38(59)39(60)41(72-44)43(63)64)31(13-22)50-34(56)9-10-54-35(57)7-8-36(54)58/h5-8,13-16,38-41,44,59-61,67H,4,9-12,17-21,49H2,1-3H3,(H,50,56)(H,63,64)/t38-,39-,40+,41-,44+,47-/m0/s1. The Morgan fingerprint density at radius 2 is 1.72 bits per heavy atom. The van der Waals surface area contributed by atoms with E-state index in [2.05, 4.69) is 5.32 Å². The number of carbonyl (C=O) groups is 6. The average Bonchev–Trinajstić information content (AvgIpc) is 3.88. The quantitative estimate of drug-likeness (QED) is 0.0279. The number of nitrogens with one attached hydrogen (secondary N) is 1. The number of rotatable bonds is 17. The molecule has 6 atom stereocenters. The normalized spacial score (nSPS) is 22.2. The number of amides is 4. The van der Waals surface area contributed by atoms with Crippen molar-refractivity contribution >= 4 is 58.0 Å². The summed E-state index contributed by atoms with van der Waals surface area (Å²) < 4.78 is 44.5. The summed E-state index contributed by atoms with van der Waals surface area (Å²) in [5.41, 5.74) is 5.21. The molecule has 24 nitrogen and oxygen atoms in total. The molecule has 25 heteroatoms. The number of nitrogens with two attached hydrogens (primary N) is 1. The minimum Gasteiger partial charge on any atom is -0.479 e. The number of aliphatic hydroxyl groups excluding tert-OH is 3. The van der Waals surface area contributed by atoms with Crippen LogP contribution in [0.5, 0.6) is 5.75 Å². The summed E-state index contributed by atoms with van der Waals surface area (Å²) in [6, 6.07) is 8.03. The maximum atomic E-state index is 15.0. The number of aliphatic carboxylic acids is 1. The number of carboxylic acid groups (broad SMARTS) is 1. The monoisotopic (exact) mass is 1000 g/mol. The van der Waals surface area contributed by atoms with Crippen molar-refractivity contribution in [3.05, 3.63) is 92.5 Å². The van der Waals surface area contributed by atoms with Gasteiger partial charge in [-0.25, -0.2) is 23.8 Å². The van der Waals surface area contributed by atoms with E-state index in [9.17, 15) is 63.5 Å². The molecule has 382 valence electrons. The number of ether oxygens (including phenoxy) is 5. The second-order valence-corrected chi connectivity index (χ2v) is 17.7. The van der Waals surface area contributed by atoms with Crippen molar-refractivity contribution in [3.8, 4) is 17.1 Å². The van der Waals surface area contributed by atoms with Crippen LogP contribution < -0.4 is 21.3 Å². The number of hydrogen-bond donors (Lipinski definition) is 7. The Balaban J connectivity index is 1.02. The number of esters is 1. The van der Waals surface area contributed by atoms with Gasteiger partial charge >= 0.3 is 18.0 Å². The molecule has 8 N–H and O–H groups in total. The Morgan fingerprint density at radius 3 is 2.42 bits per heavy atom. The van der Waals surface area contributed by atoms with E-state index in [1.807, 2.05) is 0 Å². The van der Waals surface area contributed by atoms with Crippen LogP contribution in [0.1, 0.15) is 47.6 Å². The first-order valence-corrected chi connectivity index (χ1v) is 22.5. The topological polar surface area (TPSA) is 332 Å². The molecule has 4 aliphatic heterocycles. The van der Waals surface area contributed by atoms with Gasteiger partial charge in [-0.2, -0.15) is 0 Å². The van der Waals surface area contributed by atoms with Gasteiger partial charge in [-0.1, -0.05) is 13.0 Å². The zero-order chi connectivity index (χ0) is 51.9. The van der Waals surface area contributed by atoms with Gasteiger partial charge in [0, 0.05) is 60.8 Å². The number of halogens is 1. The summed E-state index contributed by atoms with van der Waals surface area (Å²) >= 11 is 0. The van der Waals surface area contributed by atoms with E-state index in [0.717, 1.165) is 23.1 Å². The van der Waals surface area contributed by atoms with E-state index in [1.54, 1.807) is 25.9 Å². The molecule has 4 aliphatic rings. The number of carboxylic acids is 1. The van der Waals surface area contributed by atoms with Gasteiger partial charge in [-0.05, 0) is 55.9 Å². The first-order chi connectivity index (χ1) is 34.2. The molecular weight excluding hydrogens is 954 g/mol. The molecule has 1 saturated heterocycles. The highest BCUT2D eigenvalue weighted by Gasteiger charge is 2.49. The summed E-state index contributed by atoms with van der Waals surface area (Å²) in [5, 5.41) is 55.0. The second kappa shape index (κ2) is 20.4. The molecular formula is C47H50FN7O17. The first-order valence-electron chi connectivity index (χ1n) is 22.5. The van der Waals surface area contributed by atoms with Crippen LogP contribution in [0, 0.1) is 5.82 Å². The lowest BCUT2D eigenvalue weighted by atomic mass is 9.86. The fourth-order valence-electron chi connectivity index (χ4n) is 8.61. The molecule has 0 aliphatic carbocycles. The molecule has 0 radical (unpaired) electrons. The number of hydrogen-bond acceptors (Lipinski definition) is 19. The van der Waals surface area contributed by atoms with Gasteiger partial charge in [0.2, 0.25) is 12.2 Å². The third kappa shape index (κ3) is 9.81. The number of aliphatic hydroxyl groups is 4. The number of aromatic nitrogens is 2. The molecule has 6 heterocycles. The number of imide groups is 1. The van der Waals surface area contributed by atoms with Crippen molar-refractivity contribution < 1.29 is 82.4 Å². The Hall–Kier alpha value is -7.39. The summed E-state index contributed by atoms with van der Waals surface area (Å²) in [6.45, 7) is 0.327. The zero-order valence-electron chi connectivity index (χ0n) is 38.9. The third-order valence-electron chi connectivity index (χ3n) is 12.7. The van der Waals surface area contributed by atoms with E-state index < -0.39 is 90.0 Å². The molecule has 0 unspecified atom stereocenters. The molecule has 8 rings (SSSR count). The highest BCUT2D eigenvalue weighted by Crippen LogP contribution is 2.41. The van der Waals surface area contributed by atoms with E-state index in [4.69, 9.17) is 34.4 Å².